The first-order valence-electron chi connectivity index (χ1n) is 7.90. The second-order valence-corrected chi connectivity index (χ2v) is 5.78. The van der Waals surface area contributed by atoms with E-state index in [4.69, 9.17) is 10.5 Å². The van der Waals surface area contributed by atoms with Crippen molar-refractivity contribution in [3.8, 4) is 5.75 Å². The van der Waals surface area contributed by atoms with Crippen LogP contribution in [-0.4, -0.2) is 19.1 Å². The van der Waals surface area contributed by atoms with E-state index >= 15 is 0 Å². The first-order chi connectivity index (χ1) is 11.1. The van der Waals surface area contributed by atoms with Crippen LogP contribution < -0.4 is 15.8 Å². The van der Waals surface area contributed by atoms with E-state index in [9.17, 15) is 4.79 Å². The maximum Gasteiger partial charge on any atom is 0.232 e. The van der Waals surface area contributed by atoms with Crippen LogP contribution in [-0.2, 0) is 4.79 Å². The van der Waals surface area contributed by atoms with E-state index in [-0.39, 0.29) is 30.2 Å². The number of anilines is 1. The van der Waals surface area contributed by atoms with Gasteiger partial charge in [0.25, 0.3) is 0 Å². The molecule has 0 bridgehead atoms. The molecule has 0 heterocycles. The van der Waals surface area contributed by atoms with Crippen molar-refractivity contribution in [3.05, 3.63) is 60.2 Å². The fourth-order valence-corrected chi connectivity index (χ4v) is 2.53. The van der Waals surface area contributed by atoms with Crippen molar-refractivity contribution >= 4 is 24.0 Å². The predicted molar refractivity (Wildman–Crippen MR) is 101 cm³/mol. The van der Waals surface area contributed by atoms with Gasteiger partial charge in [-0.05, 0) is 35.7 Å². The summed E-state index contributed by atoms with van der Waals surface area (Å²) >= 11 is 0. The fourth-order valence-electron chi connectivity index (χ4n) is 2.53. The van der Waals surface area contributed by atoms with Crippen molar-refractivity contribution in [2.45, 2.75) is 19.8 Å². The second-order valence-electron chi connectivity index (χ2n) is 5.78. The van der Waals surface area contributed by atoms with Gasteiger partial charge in [-0.15, -0.1) is 12.4 Å². The average Bonchev–Trinajstić information content (AvgIpc) is 2.55. The molecule has 0 fully saturated rings. The number of amides is 1. The minimum absolute atomic E-state index is 0. The number of ether oxygens (including phenoxy) is 1. The Morgan fingerprint density at radius 3 is 2.25 bits per heavy atom. The zero-order valence-electron chi connectivity index (χ0n) is 14.1. The summed E-state index contributed by atoms with van der Waals surface area (Å²) in [5.74, 6) is 0.785. The van der Waals surface area contributed by atoms with Crippen LogP contribution in [0.15, 0.2) is 54.6 Å². The molecular weight excluding hydrogens is 324 g/mol. The molecule has 0 aliphatic rings. The van der Waals surface area contributed by atoms with E-state index in [1.165, 1.54) is 0 Å². The van der Waals surface area contributed by atoms with E-state index in [1.54, 1.807) is 0 Å². The highest BCUT2D eigenvalue weighted by Gasteiger charge is 2.23. The molecule has 0 spiro atoms. The summed E-state index contributed by atoms with van der Waals surface area (Å²) in [6.45, 7) is 5.07. The van der Waals surface area contributed by atoms with Crippen LogP contribution in [0.1, 0.15) is 25.3 Å². The molecule has 0 saturated carbocycles. The minimum atomic E-state index is -0.177. The first kappa shape index (κ1) is 20.0. The molecular formula is C19H25ClN2O2. The van der Waals surface area contributed by atoms with Gasteiger partial charge in [0.05, 0.1) is 5.92 Å². The Kier molecular flexibility index (Phi) is 8.30. The van der Waals surface area contributed by atoms with Crippen LogP contribution in [0.4, 0.5) is 5.69 Å². The van der Waals surface area contributed by atoms with Gasteiger partial charge in [-0.1, -0.05) is 44.2 Å². The largest absolute Gasteiger partial charge is 0.492 e. The number of benzene rings is 2. The van der Waals surface area contributed by atoms with Crippen molar-refractivity contribution in [1.82, 2.24) is 0 Å². The van der Waals surface area contributed by atoms with Crippen LogP contribution in [0.3, 0.4) is 0 Å². The molecule has 0 aromatic heterocycles. The summed E-state index contributed by atoms with van der Waals surface area (Å²) in [5, 5.41) is 2.99. The number of hydrogen-bond acceptors (Lipinski definition) is 3. The third kappa shape index (κ3) is 5.55. The van der Waals surface area contributed by atoms with E-state index in [1.807, 2.05) is 54.6 Å². The van der Waals surface area contributed by atoms with Gasteiger partial charge in [-0.2, -0.15) is 0 Å². The summed E-state index contributed by atoms with van der Waals surface area (Å²) < 4.78 is 5.43. The van der Waals surface area contributed by atoms with Crippen LogP contribution >= 0.6 is 12.4 Å². The Morgan fingerprint density at radius 1 is 1.08 bits per heavy atom. The predicted octanol–water partition coefficient (Wildman–Crippen LogP) is 3.82. The number of carbonyl (C=O) groups excluding carboxylic acids is 1. The third-order valence-corrected chi connectivity index (χ3v) is 3.62. The molecule has 0 radical (unpaired) electrons. The summed E-state index contributed by atoms with van der Waals surface area (Å²) in [4.78, 5) is 12.7. The number of rotatable bonds is 7. The van der Waals surface area contributed by atoms with Crippen molar-refractivity contribution in [2.75, 3.05) is 18.5 Å². The van der Waals surface area contributed by atoms with Crippen molar-refractivity contribution < 1.29 is 9.53 Å². The van der Waals surface area contributed by atoms with Crippen molar-refractivity contribution in [1.29, 1.82) is 0 Å². The molecule has 0 aliphatic carbocycles. The molecule has 130 valence electrons. The van der Waals surface area contributed by atoms with Gasteiger partial charge < -0.3 is 15.8 Å². The number of nitrogens with two attached hydrogens (primary N) is 1. The maximum atomic E-state index is 12.7. The lowest BCUT2D eigenvalue weighted by Gasteiger charge is -2.21. The summed E-state index contributed by atoms with van der Waals surface area (Å²) in [6, 6.07) is 17.2. The lowest BCUT2D eigenvalue weighted by atomic mass is 9.87. The smallest absolute Gasteiger partial charge is 0.232 e. The van der Waals surface area contributed by atoms with Crippen LogP contribution in [0, 0.1) is 5.92 Å². The summed E-state index contributed by atoms with van der Waals surface area (Å²) in [7, 11) is 0. The zero-order chi connectivity index (χ0) is 16.7. The number of halogens is 1. The molecule has 0 aliphatic heterocycles. The molecule has 2 rings (SSSR count). The van der Waals surface area contributed by atoms with Gasteiger partial charge in [-0.25, -0.2) is 0 Å². The molecule has 3 N–H and O–H groups in total. The van der Waals surface area contributed by atoms with Gasteiger partial charge in [0.15, 0.2) is 0 Å². The van der Waals surface area contributed by atoms with E-state index in [0.717, 1.165) is 17.0 Å². The summed E-state index contributed by atoms with van der Waals surface area (Å²) in [5.41, 5.74) is 7.20. The second kappa shape index (κ2) is 9.96. The standard InChI is InChI=1S/C19H24N2O2.ClH/c1-14(2)18(15-6-4-3-5-7-15)19(22)21-16-8-10-17(11-9-16)23-13-12-20;/h3-11,14,18H,12-13,20H2,1-2H3,(H,21,22);1H. The maximum absolute atomic E-state index is 12.7. The van der Waals surface area contributed by atoms with Crippen LogP contribution in [0.2, 0.25) is 0 Å². The third-order valence-electron chi connectivity index (χ3n) is 3.62. The molecule has 1 atom stereocenters. The monoisotopic (exact) mass is 348 g/mol. The Bertz CT molecular complexity index is 615. The first-order valence-corrected chi connectivity index (χ1v) is 7.90. The molecule has 1 amide bonds. The van der Waals surface area contributed by atoms with Gasteiger partial charge in [0.2, 0.25) is 5.91 Å². The SMILES string of the molecule is CC(C)C(C(=O)Nc1ccc(OCCN)cc1)c1ccccc1.Cl. The lowest BCUT2D eigenvalue weighted by Crippen LogP contribution is -2.25. The molecule has 24 heavy (non-hydrogen) atoms. The normalized spacial score (nSPS) is 11.5. The highest BCUT2D eigenvalue weighted by atomic mass is 35.5. The highest BCUT2D eigenvalue weighted by molar-refractivity contribution is 5.96. The van der Waals surface area contributed by atoms with Crippen molar-refractivity contribution in [2.24, 2.45) is 11.7 Å². The fraction of sp³-hybridized carbons (Fsp3) is 0.316. The molecule has 0 saturated heterocycles. The van der Waals surface area contributed by atoms with Crippen LogP contribution in [0.25, 0.3) is 0 Å². The number of nitrogens with one attached hydrogen (secondary N) is 1. The lowest BCUT2D eigenvalue weighted by molar-refractivity contribution is -0.118. The Balaban J connectivity index is 0.00000288. The van der Waals surface area contributed by atoms with Crippen molar-refractivity contribution in [3.63, 3.8) is 0 Å². The van der Waals surface area contributed by atoms with E-state index < -0.39 is 0 Å². The Hall–Kier alpha value is -2.04. The zero-order valence-corrected chi connectivity index (χ0v) is 14.9. The van der Waals surface area contributed by atoms with E-state index in [2.05, 4.69) is 19.2 Å². The number of hydrogen-bond donors (Lipinski definition) is 2. The Labute approximate surface area is 149 Å². The minimum Gasteiger partial charge on any atom is -0.492 e. The molecule has 4 nitrogen and oxygen atoms in total. The van der Waals surface area contributed by atoms with Gasteiger partial charge in [-0.3, -0.25) is 4.79 Å². The van der Waals surface area contributed by atoms with Gasteiger partial charge in [0, 0.05) is 12.2 Å². The van der Waals surface area contributed by atoms with Gasteiger partial charge in [0.1, 0.15) is 12.4 Å². The molecule has 2 aromatic rings. The topological polar surface area (TPSA) is 64.3 Å². The Morgan fingerprint density at radius 2 is 1.71 bits per heavy atom. The quantitative estimate of drug-likeness (QED) is 0.799. The van der Waals surface area contributed by atoms with Crippen LogP contribution in [0.5, 0.6) is 5.75 Å². The average molecular weight is 349 g/mol. The molecule has 2 aromatic carbocycles. The molecule has 5 heteroatoms. The van der Waals surface area contributed by atoms with Gasteiger partial charge >= 0.3 is 0 Å². The summed E-state index contributed by atoms with van der Waals surface area (Å²) in [6.07, 6.45) is 0. The number of carbonyl (C=O) groups is 1. The highest BCUT2D eigenvalue weighted by Crippen LogP contribution is 2.26. The molecule has 1 unspecified atom stereocenters. The van der Waals surface area contributed by atoms with E-state index in [0.29, 0.717) is 13.2 Å².